The Morgan fingerprint density at radius 2 is 2.29 bits per heavy atom. The van der Waals surface area contributed by atoms with Crippen molar-refractivity contribution >= 4 is 27.3 Å². The van der Waals surface area contributed by atoms with Crippen molar-refractivity contribution in [2.75, 3.05) is 0 Å². The first-order valence-corrected chi connectivity index (χ1v) is 5.82. The van der Waals surface area contributed by atoms with Gasteiger partial charge in [-0.15, -0.1) is 11.3 Å². The maximum atomic E-state index is 10.1. The zero-order valence-corrected chi connectivity index (χ0v) is 9.93. The second-order valence-corrected chi connectivity index (χ2v) is 4.77. The van der Waals surface area contributed by atoms with Crippen LogP contribution in [0.4, 0.5) is 0 Å². The van der Waals surface area contributed by atoms with Gasteiger partial charge in [0.25, 0.3) is 0 Å². The molecular weight excluding hydrogens is 264 g/mol. The molecule has 0 bridgehead atoms. The summed E-state index contributed by atoms with van der Waals surface area (Å²) in [6.45, 7) is 1.85. The smallest absolute Gasteiger partial charge is 0.118 e. The summed E-state index contributed by atoms with van der Waals surface area (Å²) < 4.78 is 6.09. The lowest BCUT2D eigenvalue weighted by Crippen LogP contribution is -1.97. The van der Waals surface area contributed by atoms with E-state index in [1.165, 1.54) is 11.3 Å². The highest BCUT2D eigenvalue weighted by Crippen LogP contribution is 2.34. The van der Waals surface area contributed by atoms with Crippen molar-refractivity contribution in [1.29, 1.82) is 0 Å². The summed E-state index contributed by atoms with van der Waals surface area (Å²) in [7, 11) is 0. The van der Waals surface area contributed by atoms with Crippen LogP contribution >= 0.6 is 27.3 Å². The first kappa shape index (κ1) is 9.96. The van der Waals surface area contributed by atoms with E-state index in [9.17, 15) is 5.11 Å². The fraction of sp³-hybridized carbons (Fsp3) is 0.200. The molecule has 2 rings (SSSR count). The van der Waals surface area contributed by atoms with Gasteiger partial charge in [0.1, 0.15) is 11.9 Å². The summed E-state index contributed by atoms with van der Waals surface area (Å²) in [5.41, 5.74) is 0.827. The lowest BCUT2D eigenvalue weighted by atomic mass is 10.1. The molecule has 0 saturated carbocycles. The molecule has 2 aromatic heterocycles. The van der Waals surface area contributed by atoms with Crippen LogP contribution in [0.1, 0.15) is 22.3 Å². The van der Waals surface area contributed by atoms with Crippen LogP contribution in [0.2, 0.25) is 0 Å². The Morgan fingerprint density at radius 3 is 2.79 bits per heavy atom. The minimum Gasteiger partial charge on any atom is -0.469 e. The van der Waals surface area contributed by atoms with Gasteiger partial charge >= 0.3 is 0 Å². The third-order valence-electron chi connectivity index (χ3n) is 2.09. The van der Waals surface area contributed by atoms with Crippen LogP contribution in [-0.4, -0.2) is 5.11 Å². The van der Waals surface area contributed by atoms with E-state index in [0.717, 1.165) is 20.7 Å². The number of hydrogen-bond donors (Lipinski definition) is 1. The number of halogens is 1. The predicted octanol–water partition coefficient (Wildman–Crippen LogP) is 3.49. The van der Waals surface area contributed by atoms with Gasteiger partial charge < -0.3 is 9.52 Å². The van der Waals surface area contributed by atoms with Crippen molar-refractivity contribution in [3.63, 3.8) is 0 Å². The number of aryl methyl sites for hydroxylation is 1. The van der Waals surface area contributed by atoms with Crippen molar-refractivity contribution in [3.05, 3.63) is 44.4 Å². The molecule has 0 aliphatic heterocycles. The average molecular weight is 273 g/mol. The summed E-state index contributed by atoms with van der Waals surface area (Å²) in [6, 6.07) is 3.73. The summed E-state index contributed by atoms with van der Waals surface area (Å²) >= 11 is 4.92. The zero-order chi connectivity index (χ0) is 10.1. The summed E-state index contributed by atoms with van der Waals surface area (Å²) in [5.74, 6) is 0.762. The lowest BCUT2D eigenvalue weighted by Gasteiger charge is -2.07. The van der Waals surface area contributed by atoms with Gasteiger partial charge in [-0.1, -0.05) is 0 Å². The van der Waals surface area contributed by atoms with E-state index in [1.807, 2.05) is 18.4 Å². The first-order valence-electron chi connectivity index (χ1n) is 4.15. The highest BCUT2D eigenvalue weighted by atomic mass is 79.9. The zero-order valence-electron chi connectivity index (χ0n) is 7.53. The standard InChI is InChI=1S/C10H9BrO2S/c1-6-7(2-4-13-6)9(12)10-8(11)3-5-14-10/h2-5,9,12H,1H3. The lowest BCUT2D eigenvalue weighted by molar-refractivity contribution is 0.221. The monoisotopic (exact) mass is 272 g/mol. The van der Waals surface area contributed by atoms with Gasteiger partial charge in [0.2, 0.25) is 0 Å². The number of rotatable bonds is 2. The Labute approximate surface area is 94.3 Å². The molecule has 0 aromatic carbocycles. The average Bonchev–Trinajstić information content (AvgIpc) is 2.73. The maximum absolute atomic E-state index is 10.1. The highest BCUT2D eigenvalue weighted by Gasteiger charge is 2.18. The summed E-state index contributed by atoms with van der Waals surface area (Å²) in [4.78, 5) is 0.912. The van der Waals surface area contributed by atoms with E-state index in [-0.39, 0.29) is 0 Å². The van der Waals surface area contributed by atoms with Crippen LogP contribution in [0.15, 0.2) is 32.7 Å². The molecule has 0 radical (unpaired) electrons. The number of hydrogen-bond acceptors (Lipinski definition) is 3. The van der Waals surface area contributed by atoms with Crippen LogP contribution in [0.3, 0.4) is 0 Å². The van der Waals surface area contributed by atoms with E-state index in [2.05, 4.69) is 15.9 Å². The molecule has 2 nitrogen and oxygen atoms in total. The molecule has 1 unspecified atom stereocenters. The second-order valence-electron chi connectivity index (χ2n) is 2.97. The Kier molecular flexibility index (Phi) is 2.76. The predicted molar refractivity (Wildman–Crippen MR) is 59.5 cm³/mol. The molecule has 1 atom stereocenters. The van der Waals surface area contributed by atoms with Gasteiger partial charge in [-0.25, -0.2) is 0 Å². The van der Waals surface area contributed by atoms with Gasteiger partial charge in [-0.05, 0) is 40.4 Å². The Morgan fingerprint density at radius 1 is 1.50 bits per heavy atom. The molecule has 0 aliphatic carbocycles. The molecule has 74 valence electrons. The second kappa shape index (κ2) is 3.88. The molecule has 1 N–H and O–H groups in total. The third-order valence-corrected chi connectivity index (χ3v) is 4.01. The normalized spacial score (nSPS) is 13.1. The van der Waals surface area contributed by atoms with Crippen molar-refractivity contribution in [3.8, 4) is 0 Å². The van der Waals surface area contributed by atoms with Crippen LogP contribution < -0.4 is 0 Å². The van der Waals surface area contributed by atoms with Crippen LogP contribution in [0, 0.1) is 6.92 Å². The van der Waals surface area contributed by atoms with Crippen molar-refractivity contribution in [1.82, 2.24) is 0 Å². The third kappa shape index (κ3) is 1.65. The fourth-order valence-electron chi connectivity index (χ4n) is 1.32. The Bertz CT molecular complexity index is 393. The summed E-state index contributed by atoms with van der Waals surface area (Å²) in [6.07, 6.45) is 0.998. The molecule has 0 saturated heterocycles. The van der Waals surface area contributed by atoms with Gasteiger partial charge in [-0.3, -0.25) is 0 Å². The Hall–Kier alpha value is -0.580. The molecule has 0 aliphatic rings. The summed E-state index contributed by atoms with van der Waals surface area (Å²) in [5, 5.41) is 12.0. The molecule has 0 spiro atoms. The number of furan rings is 1. The van der Waals surface area contributed by atoms with Crippen LogP contribution in [0.25, 0.3) is 0 Å². The van der Waals surface area contributed by atoms with Gasteiger partial charge in [0.15, 0.2) is 0 Å². The van der Waals surface area contributed by atoms with Crippen LogP contribution in [0.5, 0.6) is 0 Å². The molecule has 4 heteroatoms. The van der Waals surface area contributed by atoms with E-state index in [0.29, 0.717) is 0 Å². The van der Waals surface area contributed by atoms with Crippen molar-refractivity contribution < 1.29 is 9.52 Å². The highest BCUT2D eigenvalue weighted by molar-refractivity contribution is 9.10. The topological polar surface area (TPSA) is 33.4 Å². The Balaban J connectivity index is 2.38. The van der Waals surface area contributed by atoms with Gasteiger partial charge in [-0.2, -0.15) is 0 Å². The largest absolute Gasteiger partial charge is 0.469 e. The molecule has 2 heterocycles. The first-order chi connectivity index (χ1) is 6.70. The van der Waals surface area contributed by atoms with E-state index in [4.69, 9.17) is 4.42 Å². The molecular formula is C10H9BrO2S. The van der Waals surface area contributed by atoms with E-state index >= 15 is 0 Å². The molecule has 0 amide bonds. The number of aliphatic hydroxyl groups is 1. The molecule has 0 fully saturated rings. The van der Waals surface area contributed by atoms with Crippen LogP contribution in [-0.2, 0) is 0 Å². The minimum atomic E-state index is -0.594. The quantitative estimate of drug-likeness (QED) is 0.908. The van der Waals surface area contributed by atoms with Gasteiger partial charge in [0, 0.05) is 10.0 Å². The van der Waals surface area contributed by atoms with Crippen molar-refractivity contribution in [2.24, 2.45) is 0 Å². The fourth-order valence-corrected chi connectivity index (χ4v) is 2.91. The van der Waals surface area contributed by atoms with E-state index < -0.39 is 6.10 Å². The molecule has 2 aromatic rings. The molecule has 14 heavy (non-hydrogen) atoms. The SMILES string of the molecule is Cc1occc1C(O)c1sccc1Br. The van der Waals surface area contributed by atoms with Gasteiger partial charge in [0.05, 0.1) is 11.1 Å². The van der Waals surface area contributed by atoms with Crippen molar-refractivity contribution in [2.45, 2.75) is 13.0 Å². The number of aliphatic hydroxyl groups excluding tert-OH is 1. The minimum absolute atomic E-state index is 0.594. The number of thiophene rings is 1. The van der Waals surface area contributed by atoms with E-state index in [1.54, 1.807) is 12.3 Å². The maximum Gasteiger partial charge on any atom is 0.118 e.